The van der Waals surface area contributed by atoms with Gasteiger partial charge < -0.3 is 14.2 Å². The van der Waals surface area contributed by atoms with Gasteiger partial charge in [-0.05, 0) is 60.4 Å². The van der Waals surface area contributed by atoms with Crippen molar-refractivity contribution in [3.8, 4) is 11.4 Å². The number of nitrogens with zero attached hydrogens (tertiary/aromatic N) is 2. The van der Waals surface area contributed by atoms with Crippen molar-refractivity contribution >= 4 is 22.6 Å². The van der Waals surface area contributed by atoms with Crippen molar-refractivity contribution in [2.45, 2.75) is 6.92 Å². The lowest BCUT2D eigenvalue weighted by Crippen LogP contribution is -2.23. The van der Waals surface area contributed by atoms with E-state index in [1.807, 2.05) is 57.6 Å². The van der Waals surface area contributed by atoms with E-state index in [4.69, 9.17) is 4.74 Å². The van der Waals surface area contributed by atoms with Gasteiger partial charge >= 0.3 is 0 Å². The SMILES string of the molecule is CCN(C)CCOc1ccc(-n2ccc(=O)c(I)c2)cc1. The zero-order chi connectivity index (χ0) is 15.2. The Bertz CT molecular complexity index is 637. The molecule has 2 aromatic rings. The molecule has 0 N–H and O–H groups in total. The molecule has 0 radical (unpaired) electrons. The summed E-state index contributed by atoms with van der Waals surface area (Å²) in [5, 5.41) is 0. The number of likely N-dealkylation sites (N-methyl/N-ethyl adjacent to an activating group) is 1. The van der Waals surface area contributed by atoms with Gasteiger partial charge in [-0.15, -0.1) is 0 Å². The van der Waals surface area contributed by atoms with Gasteiger partial charge in [0.05, 0.1) is 3.57 Å². The highest BCUT2D eigenvalue weighted by molar-refractivity contribution is 14.1. The molecule has 5 heteroatoms. The second kappa shape index (κ2) is 7.61. The molecule has 0 bridgehead atoms. The topological polar surface area (TPSA) is 34.5 Å². The molecule has 0 aliphatic carbocycles. The molecule has 0 aliphatic heterocycles. The summed E-state index contributed by atoms with van der Waals surface area (Å²) in [6.45, 7) is 4.74. The van der Waals surface area contributed by atoms with Crippen molar-refractivity contribution < 1.29 is 4.74 Å². The fourth-order valence-corrected chi connectivity index (χ4v) is 2.29. The normalized spacial score (nSPS) is 10.9. The van der Waals surface area contributed by atoms with Crippen LogP contribution in [0.5, 0.6) is 5.75 Å². The van der Waals surface area contributed by atoms with Crippen LogP contribution >= 0.6 is 22.6 Å². The minimum Gasteiger partial charge on any atom is -0.492 e. The van der Waals surface area contributed by atoms with Gasteiger partial charge in [-0.2, -0.15) is 0 Å². The van der Waals surface area contributed by atoms with Crippen LogP contribution in [0.1, 0.15) is 6.92 Å². The maximum Gasteiger partial charge on any atom is 0.194 e. The Morgan fingerprint density at radius 2 is 1.95 bits per heavy atom. The lowest BCUT2D eigenvalue weighted by molar-refractivity contribution is 0.244. The predicted octanol–water partition coefficient (Wildman–Crippen LogP) is 2.77. The van der Waals surface area contributed by atoms with Gasteiger partial charge in [0.15, 0.2) is 5.43 Å². The Kier molecular flexibility index (Phi) is 5.81. The summed E-state index contributed by atoms with van der Waals surface area (Å²) >= 11 is 2.05. The quantitative estimate of drug-likeness (QED) is 0.702. The van der Waals surface area contributed by atoms with Crippen molar-refractivity contribution in [1.82, 2.24) is 9.47 Å². The number of pyridine rings is 1. The minimum absolute atomic E-state index is 0.0480. The molecule has 1 aromatic carbocycles. The molecular weight excluding hydrogens is 379 g/mol. The summed E-state index contributed by atoms with van der Waals surface area (Å²) in [6.07, 6.45) is 3.60. The van der Waals surface area contributed by atoms with Crippen LogP contribution in [0.25, 0.3) is 5.69 Å². The number of aromatic nitrogens is 1. The third kappa shape index (κ3) is 4.57. The summed E-state index contributed by atoms with van der Waals surface area (Å²) in [7, 11) is 2.07. The first kappa shape index (κ1) is 16.0. The number of ether oxygens (including phenoxy) is 1. The summed E-state index contributed by atoms with van der Waals surface area (Å²) in [4.78, 5) is 13.6. The fraction of sp³-hybridized carbons (Fsp3) is 0.312. The highest BCUT2D eigenvalue weighted by atomic mass is 127. The Balaban J connectivity index is 2.01. The van der Waals surface area contributed by atoms with Gasteiger partial charge in [-0.1, -0.05) is 6.92 Å². The van der Waals surface area contributed by atoms with Crippen molar-refractivity contribution in [2.75, 3.05) is 26.7 Å². The van der Waals surface area contributed by atoms with Crippen LogP contribution in [0.3, 0.4) is 0 Å². The largest absolute Gasteiger partial charge is 0.492 e. The molecule has 0 fully saturated rings. The molecule has 0 spiro atoms. The zero-order valence-electron chi connectivity index (χ0n) is 12.3. The predicted molar refractivity (Wildman–Crippen MR) is 93.4 cm³/mol. The number of hydrogen-bond donors (Lipinski definition) is 0. The van der Waals surface area contributed by atoms with Crippen LogP contribution in [-0.2, 0) is 0 Å². The van der Waals surface area contributed by atoms with Gasteiger partial charge in [0.2, 0.25) is 0 Å². The molecule has 1 aromatic heterocycles. The maximum absolute atomic E-state index is 11.4. The van der Waals surface area contributed by atoms with Gasteiger partial charge in [0.25, 0.3) is 0 Å². The van der Waals surface area contributed by atoms with Gasteiger partial charge in [0.1, 0.15) is 12.4 Å². The Morgan fingerprint density at radius 3 is 2.57 bits per heavy atom. The molecule has 0 atom stereocenters. The summed E-state index contributed by atoms with van der Waals surface area (Å²) in [5.41, 5.74) is 1.05. The van der Waals surface area contributed by atoms with E-state index >= 15 is 0 Å². The van der Waals surface area contributed by atoms with Crippen molar-refractivity contribution in [2.24, 2.45) is 0 Å². The molecule has 2 rings (SSSR count). The average molecular weight is 398 g/mol. The number of rotatable bonds is 6. The molecule has 0 amide bonds. The first-order valence-corrected chi connectivity index (χ1v) is 7.97. The Morgan fingerprint density at radius 1 is 1.24 bits per heavy atom. The molecule has 4 nitrogen and oxygen atoms in total. The van der Waals surface area contributed by atoms with Crippen LogP contribution in [0.2, 0.25) is 0 Å². The maximum atomic E-state index is 11.4. The van der Waals surface area contributed by atoms with Gasteiger partial charge in [-0.25, -0.2) is 0 Å². The Hall–Kier alpha value is -1.34. The summed E-state index contributed by atoms with van der Waals surface area (Å²) in [6, 6.07) is 9.45. The van der Waals surface area contributed by atoms with E-state index in [2.05, 4.69) is 18.9 Å². The smallest absolute Gasteiger partial charge is 0.194 e. The zero-order valence-corrected chi connectivity index (χ0v) is 14.4. The van der Waals surface area contributed by atoms with Crippen molar-refractivity contribution in [3.63, 3.8) is 0 Å². The van der Waals surface area contributed by atoms with E-state index in [0.29, 0.717) is 10.2 Å². The summed E-state index contributed by atoms with van der Waals surface area (Å²) < 4.78 is 8.34. The molecule has 0 aliphatic rings. The van der Waals surface area contributed by atoms with E-state index in [0.717, 1.165) is 24.5 Å². The second-order valence-corrected chi connectivity index (χ2v) is 5.96. The third-order valence-electron chi connectivity index (χ3n) is 3.29. The fourth-order valence-electron chi connectivity index (χ4n) is 1.81. The minimum atomic E-state index is 0.0480. The molecular formula is C16H19IN2O2. The van der Waals surface area contributed by atoms with Gasteiger partial charge in [0, 0.05) is 30.7 Å². The first-order chi connectivity index (χ1) is 10.1. The number of benzene rings is 1. The third-order valence-corrected chi connectivity index (χ3v) is 4.10. The van der Waals surface area contributed by atoms with E-state index < -0.39 is 0 Å². The average Bonchev–Trinajstić information content (AvgIpc) is 2.50. The lowest BCUT2D eigenvalue weighted by Gasteiger charge is -2.14. The molecule has 0 unspecified atom stereocenters. The number of halogens is 1. The van der Waals surface area contributed by atoms with Crippen LogP contribution < -0.4 is 10.2 Å². The highest BCUT2D eigenvalue weighted by Gasteiger charge is 2.00. The van der Waals surface area contributed by atoms with Crippen molar-refractivity contribution in [3.05, 3.63) is 56.5 Å². The van der Waals surface area contributed by atoms with Crippen LogP contribution in [0.4, 0.5) is 0 Å². The van der Waals surface area contributed by atoms with Crippen molar-refractivity contribution in [1.29, 1.82) is 0 Å². The molecule has 21 heavy (non-hydrogen) atoms. The molecule has 1 heterocycles. The first-order valence-electron chi connectivity index (χ1n) is 6.89. The monoisotopic (exact) mass is 398 g/mol. The van der Waals surface area contributed by atoms with Gasteiger partial charge in [-0.3, -0.25) is 4.79 Å². The molecule has 0 saturated heterocycles. The van der Waals surface area contributed by atoms with E-state index in [-0.39, 0.29) is 5.43 Å². The standard InChI is InChI=1S/C16H19IN2O2/c1-3-18(2)10-11-21-14-6-4-13(5-7-14)19-9-8-16(20)15(17)12-19/h4-9,12H,3,10-11H2,1-2H3. The molecule has 0 saturated carbocycles. The van der Waals surface area contributed by atoms with Crippen LogP contribution in [0.15, 0.2) is 47.5 Å². The lowest BCUT2D eigenvalue weighted by atomic mass is 10.3. The second-order valence-electron chi connectivity index (χ2n) is 4.80. The van der Waals surface area contributed by atoms with E-state index in [1.54, 1.807) is 12.3 Å². The van der Waals surface area contributed by atoms with Crippen LogP contribution in [-0.4, -0.2) is 36.2 Å². The number of hydrogen-bond acceptors (Lipinski definition) is 3. The van der Waals surface area contributed by atoms with E-state index in [9.17, 15) is 4.79 Å². The summed E-state index contributed by atoms with van der Waals surface area (Å²) in [5.74, 6) is 0.860. The van der Waals surface area contributed by atoms with Crippen LogP contribution in [0, 0.1) is 3.57 Å². The molecule has 112 valence electrons. The Labute approximate surface area is 138 Å². The van der Waals surface area contributed by atoms with E-state index in [1.165, 1.54) is 0 Å². The highest BCUT2D eigenvalue weighted by Crippen LogP contribution is 2.15.